The van der Waals surface area contributed by atoms with Crippen molar-refractivity contribution in [3.8, 4) is 22.5 Å². The monoisotopic (exact) mass is 442 g/mol. The van der Waals surface area contributed by atoms with Gasteiger partial charge in [0.2, 0.25) is 5.82 Å². The fourth-order valence-electron chi connectivity index (χ4n) is 4.12. The first-order chi connectivity index (χ1) is 15.7. The van der Waals surface area contributed by atoms with E-state index in [1.54, 1.807) is 0 Å². The maximum absolute atomic E-state index is 11.8. The Morgan fingerprint density at radius 1 is 1.12 bits per heavy atom. The van der Waals surface area contributed by atoms with Gasteiger partial charge in [0.1, 0.15) is 16.2 Å². The highest BCUT2D eigenvalue weighted by Gasteiger charge is 2.31. The van der Waals surface area contributed by atoms with Crippen LogP contribution in [0.25, 0.3) is 33.5 Å². The number of benzene rings is 2. The van der Waals surface area contributed by atoms with Crippen molar-refractivity contribution in [2.24, 2.45) is 0 Å². The van der Waals surface area contributed by atoms with Gasteiger partial charge in [-0.2, -0.15) is 5.21 Å². The Hall–Kier alpha value is -3.85. The van der Waals surface area contributed by atoms with Crippen LogP contribution in [0, 0.1) is 0 Å². The van der Waals surface area contributed by atoms with Crippen molar-refractivity contribution in [3.63, 3.8) is 0 Å². The van der Waals surface area contributed by atoms with Gasteiger partial charge in [-0.05, 0) is 34.7 Å². The van der Waals surface area contributed by atoms with Gasteiger partial charge in [0.25, 0.3) is 0 Å². The third kappa shape index (κ3) is 3.18. The summed E-state index contributed by atoms with van der Waals surface area (Å²) < 4.78 is 2.09. The van der Waals surface area contributed by atoms with Crippen LogP contribution in [0.2, 0.25) is 0 Å². The van der Waals surface area contributed by atoms with Crippen molar-refractivity contribution in [2.45, 2.75) is 25.3 Å². The first kappa shape index (κ1) is 18.9. The lowest BCUT2D eigenvalue weighted by atomic mass is 9.98. The molecule has 2 N–H and O–H groups in total. The summed E-state index contributed by atoms with van der Waals surface area (Å²) in [6.07, 6.45) is 2.22. The number of carbonyl (C=O) groups is 1. The lowest BCUT2D eigenvalue weighted by Crippen LogP contribution is -2.06. The molecule has 0 bridgehead atoms. The number of carboxylic acids is 1. The Morgan fingerprint density at radius 2 is 1.91 bits per heavy atom. The molecule has 3 aromatic heterocycles. The fraction of sp³-hybridized carbons (Fsp3) is 0.174. The highest BCUT2D eigenvalue weighted by atomic mass is 32.1. The number of hydrogen-bond acceptors (Lipinski definition) is 6. The van der Waals surface area contributed by atoms with E-state index in [4.69, 9.17) is 4.98 Å². The minimum Gasteiger partial charge on any atom is -0.477 e. The van der Waals surface area contributed by atoms with Crippen molar-refractivity contribution in [3.05, 3.63) is 70.2 Å². The largest absolute Gasteiger partial charge is 0.477 e. The van der Waals surface area contributed by atoms with E-state index in [1.807, 2.05) is 29.6 Å². The maximum atomic E-state index is 11.8. The molecule has 1 saturated carbocycles. The molecule has 0 aliphatic heterocycles. The fourth-order valence-corrected chi connectivity index (χ4v) is 4.95. The molecule has 3 heterocycles. The number of nitrogens with zero attached hydrogens (tertiary/aromatic N) is 5. The first-order valence-corrected chi connectivity index (χ1v) is 11.2. The quantitative estimate of drug-likeness (QED) is 0.399. The standard InChI is InChI=1S/C23H18N6O2S/c30-23(31)20-19-18(12-32-20)24-22(15-9-10-15)29(19)11-13-5-7-14(8-6-13)16-3-1-2-4-17(16)21-25-27-28-26-21/h1-8,12,15H,9-11H2,(H,30,31)(H,25,26,27,28). The smallest absolute Gasteiger partial charge is 0.348 e. The molecular formula is C23H18N6O2S. The lowest BCUT2D eigenvalue weighted by molar-refractivity contribution is 0.0703. The molecule has 6 rings (SSSR count). The number of aromatic nitrogens is 6. The molecule has 8 nitrogen and oxygen atoms in total. The summed E-state index contributed by atoms with van der Waals surface area (Å²) in [5.74, 6) is 1.08. The molecule has 1 fully saturated rings. The van der Waals surface area contributed by atoms with E-state index in [0.29, 0.717) is 23.2 Å². The van der Waals surface area contributed by atoms with Crippen molar-refractivity contribution in [1.82, 2.24) is 30.2 Å². The second kappa shape index (κ2) is 7.38. The zero-order valence-corrected chi connectivity index (χ0v) is 17.7. The predicted molar refractivity (Wildman–Crippen MR) is 121 cm³/mol. The molecule has 5 aromatic rings. The minimum absolute atomic E-state index is 0.352. The number of carboxylic acid groups (broad SMARTS) is 1. The molecule has 0 spiro atoms. The average molecular weight is 443 g/mol. The SMILES string of the molecule is O=C(O)c1scc2nc(C3CC3)n(Cc3ccc(-c4ccccc4-c4nn[nH]n4)cc3)c12. The summed E-state index contributed by atoms with van der Waals surface area (Å²) >= 11 is 1.24. The molecular weight excluding hydrogens is 424 g/mol. The van der Waals surface area contributed by atoms with Gasteiger partial charge < -0.3 is 9.67 Å². The molecule has 1 aliphatic rings. The van der Waals surface area contributed by atoms with Crippen LogP contribution >= 0.6 is 11.3 Å². The highest BCUT2D eigenvalue weighted by molar-refractivity contribution is 7.13. The number of aromatic carboxylic acids is 1. The number of fused-ring (bicyclic) bond motifs is 1. The third-order valence-electron chi connectivity index (χ3n) is 5.78. The second-order valence-corrected chi connectivity index (χ2v) is 8.79. The van der Waals surface area contributed by atoms with Gasteiger partial charge in [0.15, 0.2) is 0 Å². The topological polar surface area (TPSA) is 110 Å². The van der Waals surface area contributed by atoms with Crippen molar-refractivity contribution in [1.29, 1.82) is 0 Å². The molecule has 9 heteroatoms. The predicted octanol–water partition coefficient (Wildman–Crippen LogP) is 4.57. The van der Waals surface area contributed by atoms with Crippen LogP contribution in [0.5, 0.6) is 0 Å². The Morgan fingerprint density at radius 3 is 2.59 bits per heavy atom. The third-order valence-corrected chi connectivity index (χ3v) is 6.73. The number of imidazole rings is 1. The van der Waals surface area contributed by atoms with E-state index in [1.165, 1.54) is 11.3 Å². The van der Waals surface area contributed by atoms with Gasteiger partial charge in [-0.25, -0.2) is 9.78 Å². The van der Waals surface area contributed by atoms with E-state index in [0.717, 1.165) is 52.0 Å². The van der Waals surface area contributed by atoms with E-state index in [9.17, 15) is 9.90 Å². The van der Waals surface area contributed by atoms with E-state index in [-0.39, 0.29) is 0 Å². The van der Waals surface area contributed by atoms with Crippen molar-refractivity contribution < 1.29 is 9.90 Å². The van der Waals surface area contributed by atoms with Gasteiger partial charge >= 0.3 is 5.97 Å². The van der Waals surface area contributed by atoms with Crippen LogP contribution in [0.3, 0.4) is 0 Å². The molecule has 0 unspecified atom stereocenters. The molecule has 0 atom stereocenters. The van der Waals surface area contributed by atoms with E-state index >= 15 is 0 Å². The lowest BCUT2D eigenvalue weighted by Gasteiger charge is -2.11. The summed E-state index contributed by atoms with van der Waals surface area (Å²) in [7, 11) is 0. The van der Waals surface area contributed by atoms with Gasteiger partial charge in [-0.15, -0.1) is 21.5 Å². The summed E-state index contributed by atoms with van der Waals surface area (Å²) in [5.41, 5.74) is 5.58. The van der Waals surface area contributed by atoms with Crippen LogP contribution in [0.15, 0.2) is 53.9 Å². The zero-order valence-electron chi connectivity index (χ0n) is 16.9. The van der Waals surface area contributed by atoms with Gasteiger partial charge in [-0.1, -0.05) is 48.5 Å². The van der Waals surface area contributed by atoms with Crippen LogP contribution in [-0.2, 0) is 6.54 Å². The molecule has 32 heavy (non-hydrogen) atoms. The molecule has 0 radical (unpaired) electrons. The van der Waals surface area contributed by atoms with Crippen LogP contribution in [0.4, 0.5) is 0 Å². The van der Waals surface area contributed by atoms with Gasteiger partial charge in [0, 0.05) is 23.4 Å². The maximum Gasteiger partial charge on any atom is 0.348 e. The number of thiophene rings is 1. The summed E-state index contributed by atoms with van der Waals surface area (Å²) in [6.45, 7) is 0.589. The first-order valence-electron chi connectivity index (χ1n) is 10.3. The van der Waals surface area contributed by atoms with Gasteiger partial charge in [-0.3, -0.25) is 0 Å². The average Bonchev–Trinajstić information content (AvgIpc) is 3.21. The second-order valence-electron chi connectivity index (χ2n) is 7.91. The minimum atomic E-state index is -0.901. The van der Waals surface area contributed by atoms with E-state index < -0.39 is 5.97 Å². The Bertz CT molecular complexity index is 1430. The Kier molecular flexibility index (Phi) is 4.36. The van der Waals surface area contributed by atoms with E-state index in [2.05, 4.69) is 49.5 Å². The number of hydrogen-bond donors (Lipinski definition) is 2. The molecule has 0 amide bonds. The normalized spacial score (nSPS) is 13.6. The zero-order chi connectivity index (χ0) is 21.7. The summed E-state index contributed by atoms with van der Waals surface area (Å²) in [5, 5.41) is 25.9. The van der Waals surface area contributed by atoms with Crippen LogP contribution < -0.4 is 0 Å². The summed E-state index contributed by atoms with van der Waals surface area (Å²) in [4.78, 5) is 16.9. The number of aromatic amines is 1. The Balaban J connectivity index is 1.37. The molecule has 1 aliphatic carbocycles. The van der Waals surface area contributed by atoms with Crippen molar-refractivity contribution >= 4 is 28.3 Å². The molecule has 2 aromatic carbocycles. The number of rotatable bonds is 6. The van der Waals surface area contributed by atoms with Gasteiger partial charge in [0.05, 0.1) is 5.52 Å². The Labute approximate surface area is 186 Å². The molecule has 158 valence electrons. The highest BCUT2D eigenvalue weighted by Crippen LogP contribution is 2.42. The van der Waals surface area contributed by atoms with Crippen molar-refractivity contribution in [2.75, 3.05) is 0 Å². The summed E-state index contributed by atoms with van der Waals surface area (Å²) in [6, 6.07) is 16.3. The van der Waals surface area contributed by atoms with Crippen LogP contribution in [0.1, 0.15) is 39.8 Å². The number of H-pyrrole nitrogens is 1. The van der Waals surface area contributed by atoms with Crippen LogP contribution in [-0.4, -0.2) is 41.3 Å². The number of tetrazole rings is 1. The molecule has 0 saturated heterocycles. The number of nitrogens with one attached hydrogen (secondary N) is 1.